The molecule has 5 rings (SSSR count). The van der Waals surface area contributed by atoms with E-state index in [1.54, 1.807) is 19.1 Å². The zero-order valence-corrected chi connectivity index (χ0v) is 38.6. The molecule has 1 aromatic carbocycles. The molecular weight excluding hydrogens is 903 g/mol. The maximum absolute atomic E-state index is 12.7. The van der Waals surface area contributed by atoms with Crippen molar-refractivity contribution in [2.24, 2.45) is 17.2 Å². The largest absolute Gasteiger partial charge is 0.462 e. The smallest absolute Gasteiger partial charge is 0.251 e. The van der Waals surface area contributed by atoms with Crippen molar-refractivity contribution in [2.75, 3.05) is 59.1 Å². The highest BCUT2D eigenvalue weighted by Crippen LogP contribution is 2.34. The standard InChI is InChI=1S/C43H75N7O18/c1-21(45)38(59)50-29-30(54)28(46)22(2)62-40(29)67-36-26(18-51)64-42(32(56)31(36)55)66-35-25(53)20-61-41(33(35)57)68-37-27(19-52)65-43(34(37)58)63-24-10-8-23(9-11-24)39(60)49-17-7-16-48-15-6-5-14-47-13-4-3-12-44/h8-11,21-22,25-37,40-43,47-48,51-58H,3-7,12-20,44-46H2,1-2H3,(H,49,60)(H,50,59)/t21-,22+,25+,26-,27-,28-,29-,30-,31-,32-,33+,34-,35+,36+,37-,40+,41+,42-,43+/m0/s1. The van der Waals surface area contributed by atoms with Gasteiger partial charge in [0.1, 0.15) is 72.8 Å². The number of unbranched alkanes of at least 4 members (excludes halogenated alkanes) is 2. The van der Waals surface area contributed by atoms with E-state index in [1.165, 1.54) is 19.1 Å². The summed E-state index contributed by atoms with van der Waals surface area (Å²) < 4.78 is 46.3. The fraction of sp³-hybridized carbons (Fsp3) is 0.814. The van der Waals surface area contributed by atoms with E-state index in [0.29, 0.717) is 12.1 Å². The third-order valence-corrected chi connectivity index (χ3v) is 12.2. The third-order valence-electron chi connectivity index (χ3n) is 12.2. The lowest BCUT2D eigenvalue weighted by atomic mass is 9.94. The molecular formula is C43H75N7O18. The molecule has 4 heterocycles. The molecule has 1 aromatic rings. The number of nitrogens with two attached hydrogens (primary N) is 3. The van der Waals surface area contributed by atoms with Crippen LogP contribution in [0.2, 0.25) is 0 Å². The molecule has 0 aliphatic carbocycles. The van der Waals surface area contributed by atoms with Crippen LogP contribution in [-0.2, 0) is 38.0 Å². The third kappa shape index (κ3) is 15.1. The first-order chi connectivity index (χ1) is 32.6. The van der Waals surface area contributed by atoms with Crippen molar-refractivity contribution < 1.29 is 88.3 Å². The summed E-state index contributed by atoms with van der Waals surface area (Å²) in [5.41, 5.74) is 17.6. The van der Waals surface area contributed by atoms with Gasteiger partial charge in [-0.2, -0.15) is 0 Å². The van der Waals surface area contributed by atoms with Crippen LogP contribution in [0.5, 0.6) is 5.75 Å². The molecule has 4 aliphatic heterocycles. The number of amides is 2. The Morgan fingerprint density at radius 2 is 1.26 bits per heavy atom. The summed E-state index contributed by atoms with van der Waals surface area (Å²) >= 11 is 0. The summed E-state index contributed by atoms with van der Waals surface area (Å²) in [4.78, 5) is 25.2. The summed E-state index contributed by atoms with van der Waals surface area (Å²) in [6, 6.07) is 2.86. The number of hydrogen-bond acceptors (Lipinski definition) is 23. The number of hydrogen-bond donors (Lipinski definition) is 15. The number of aliphatic hydroxyl groups excluding tert-OH is 8. The second-order valence-corrected chi connectivity index (χ2v) is 17.5. The molecule has 19 atom stereocenters. The molecule has 0 spiro atoms. The van der Waals surface area contributed by atoms with Crippen molar-refractivity contribution in [3.8, 4) is 5.75 Å². The van der Waals surface area contributed by atoms with Crippen molar-refractivity contribution >= 4 is 11.8 Å². The van der Waals surface area contributed by atoms with Gasteiger partial charge in [0.2, 0.25) is 12.2 Å². The monoisotopic (exact) mass is 978 g/mol. The van der Waals surface area contributed by atoms with Crippen LogP contribution < -0.4 is 43.2 Å². The number of benzene rings is 1. The zero-order chi connectivity index (χ0) is 49.5. The first-order valence-electron chi connectivity index (χ1n) is 23.4. The van der Waals surface area contributed by atoms with E-state index in [0.717, 1.165) is 64.8 Å². The van der Waals surface area contributed by atoms with Crippen molar-refractivity contribution in [1.82, 2.24) is 21.3 Å². The minimum Gasteiger partial charge on any atom is -0.462 e. The molecule has 25 heteroatoms. The van der Waals surface area contributed by atoms with Crippen molar-refractivity contribution in [3.63, 3.8) is 0 Å². The molecule has 68 heavy (non-hydrogen) atoms. The van der Waals surface area contributed by atoms with Crippen LogP contribution in [0.4, 0.5) is 0 Å². The molecule has 4 fully saturated rings. The summed E-state index contributed by atoms with van der Waals surface area (Å²) in [6.07, 6.45) is -19.5. The lowest BCUT2D eigenvalue weighted by Crippen LogP contribution is -2.69. The number of ether oxygens (including phenoxy) is 8. The Morgan fingerprint density at radius 3 is 1.88 bits per heavy atom. The first kappa shape index (κ1) is 56.1. The van der Waals surface area contributed by atoms with Crippen LogP contribution >= 0.6 is 0 Å². The molecule has 0 radical (unpaired) electrons. The average Bonchev–Trinajstić information content (AvgIpc) is 3.62. The van der Waals surface area contributed by atoms with E-state index < -0.39 is 142 Å². The van der Waals surface area contributed by atoms with E-state index >= 15 is 0 Å². The Balaban J connectivity index is 1.09. The SMILES string of the molecule is C[C@H](N)C(=O)N[C@@H]1[C@@H](O[C@H]2[C@@H](O)[C@H](O)[C@H](O[C@H]3[C@@H](O)[C@@H](O[C@@H]4[C@H](O)[C@H](Oc5ccc(C(=O)NCCCNCCCCNCCCCN)cc5)O[C@H]4CO)OC[C@H]3O)O[C@H]2CO)O[C@H](C)[C@H](N)[C@@H]1O. The van der Waals surface area contributed by atoms with Gasteiger partial charge in [0.05, 0.1) is 44.1 Å². The normalized spacial score (nSPS) is 36.8. The predicted octanol–water partition coefficient (Wildman–Crippen LogP) is -6.10. The fourth-order valence-corrected chi connectivity index (χ4v) is 8.09. The van der Waals surface area contributed by atoms with E-state index in [4.69, 9.17) is 55.1 Å². The molecule has 4 aliphatic rings. The molecule has 18 N–H and O–H groups in total. The van der Waals surface area contributed by atoms with Crippen molar-refractivity contribution in [2.45, 2.75) is 162 Å². The van der Waals surface area contributed by atoms with Crippen LogP contribution in [0, 0.1) is 0 Å². The minimum absolute atomic E-state index is 0.223. The van der Waals surface area contributed by atoms with Gasteiger partial charge in [0.25, 0.3) is 5.91 Å². The summed E-state index contributed by atoms with van der Waals surface area (Å²) in [5.74, 6) is -0.729. The molecule has 2 amide bonds. The van der Waals surface area contributed by atoms with Crippen LogP contribution in [0.25, 0.3) is 0 Å². The summed E-state index contributed by atoms with van der Waals surface area (Å²) in [5, 5.41) is 99.4. The Bertz CT molecular complexity index is 1640. The topological polar surface area (TPSA) is 396 Å². The molecule has 0 bridgehead atoms. The Hall–Kier alpha value is -2.84. The first-order valence-corrected chi connectivity index (χ1v) is 23.4. The molecule has 0 aromatic heterocycles. The van der Waals surface area contributed by atoms with Gasteiger partial charge < -0.3 is 117 Å². The Kier molecular flexibility index (Phi) is 22.8. The molecule has 0 saturated carbocycles. The summed E-state index contributed by atoms with van der Waals surface area (Å²) in [6.45, 7) is 5.79. The fourth-order valence-electron chi connectivity index (χ4n) is 8.09. The van der Waals surface area contributed by atoms with Gasteiger partial charge in [-0.05, 0) is 103 Å². The van der Waals surface area contributed by atoms with Crippen LogP contribution in [0.1, 0.15) is 56.3 Å². The Morgan fingerprint density at radius 1 is 0.706 bits per heavy atom. The average molecular weight is 978 g/mol. The maximum Gasteiger partial charge on any atom is 0.251 e. The lowest BCUT2D eigenvalue weighted by molar-refractivity contribution is -0.368. The molecule has 25 nitrogen and oxygen atoms in total. The van der Waals surface area contributed by atoms with Crippen LogP contribution in [0.15, 0.2) is 24.3 Å². The Labute approximate surface area is 395 Å². The van der Waals surface area contributed by atoms with Gasteiger partial charge in [-0.15, -0.1) is 0 Å². The van der Waals surface area contributed by atoms with Gasteiger partial charge in [-0.3, -0.25) is 9.59 Å². The molecule has 390 valence electrons. The molecule has 0 unspecified atom stereocenters. The van der Waals surface area contributed by atoms with Crippen LogP contribution in [-0.4, -0.2) is 228 Å². The highest BCUT2D eigenvalue weighted by Gasteiger charge is 2.54. The van der Waals surface area contributed by atoms with Gasteiger partial charge >= 0.3 is 0 Å². The second-order valence-electron chi connectivity index (χ2n) is 17.5. The highest BCUT2D eigenvalue weighted by molar-refractivity contribution is 5.94. The number of carbonyl (C=O) groups excluding carboxylic acids is 2. The maximum atomic E-state index is 12.7. The van der Waals surface area contributed by atoms with Gasteiger partial charge in [0.15, 0.2) is 18.9 Å². The number of nitrogens with one attached hydrogen (secondary N) is 4. The van der Waals surface area contributed by atoms with Gasteiger partial charge in [0, 0.05) is 12.1 Å². The van der Waals surface area contributed by atoms with Crippen molar-refractivity contribution in [3.05, 3.63) is 29.8 Å². The predicted molar refractivity (Wildman–Crippen MR) is 237 cm³/mol. The van der Waals surface area contributed by atoms with Gasteiger partial charge in [-0.1, -0.05) is 0 Å². The van der Waals surface area contributed by atoms with E-state index in [2.05, 4.69) is 21.3 Å². The quantitative estimate of drug-likeness (QED) is 0.0384. The van der Waals surface area contributed by atoms with E-state index in [9.17, 15) is 50.4 Å². The number of carbonyl (C=O) groups is 2. The zero-order valence-electron chi connectivity index (χ0n) is 38.6. The lowest BCUT2D eigenvalue weighted by Gasteiger charge is -2.48. The van der Waals surface area contributed by atoms with E-state index in [-0.39, 0.29) is 11.7 Å². The van der Waals surface area contributed by atoms with Crippen LogP contribution in [0.3, 0.4) is 0 Å². The number of rotatable bonds is 26. The van der Waals surface area contributed by atoms with Crippen molar-refractivity contribution in [1.29, 1.82) is 0 Å². The van der Waals surface area contributed by atoms with Gasteiger partial charge in [-0.25, -0.2) is 0 Å². The van der Waals surface area contributed by atoms with E-state index in [1.807, 2.05) is 0 Å². The second kappa shape index (κ2) is 27.7. The molecule has 4 saturated heterocycles. The number of aliphatic hydroxyl groups is 8. The summed E-state index contributed by atoms with van der Waals surface area (Å²) in [7, 11) is 0. The highest BCUT2D eigenvalue weighted by atomic mass is 16.8. The minimum atomic E-state index is -1.95.